The molecule has 1 atom stereocenters. The minimum Gasteiger partial charge on any atom is -0.472 e. The van der Waals surface area contributed by atoms with Crippen LogP contribution in [-0.2, 0) is 11.1 Å². The second-order valence-corrected chi connectivity index (χ2v) is 3.96. The lowest BCUT2D eigenvalue weighted by molar-refractivity contribution is 0.0866. The molecule has 4 nitrogen and oxygen atoms in total. The van der Waals surface area contributed by atoms with Crippen LogP contribution in [0.2, 0.25) is 6.32 Å². The third-order valence-corrected chi connectivity index (χ3v) is 2.71. The van der Waals surface area contributed by atoms with Crippen molar-refractivity contribution in [3.63, 3.8) is 0 Å². The zero-order valence-electron chi connectivity index (χ0n) is 9.43. The summed E-state index contributed by atoms with van der Waals surface area (Å²) in [6.07, 6.45) is 4.16. The van der Waals surface area contributed by atoms with E-state index in [4.69, 9.17) is 9.39 Å². The zero-order chi connectivity index (χ0) is 11.4. The summed E-state index contributed by atoms with van der Waals surface area (Å²) in [4.78, 5) is 4.16. The van der Waals surface area contributed by atoms with Gasteiger partial charge in [0, 0.05) is 12.3 Å². The van der Waals surface area contributed by atoms with Gasteiger partial charge in [0.25, 0.3) is 0 Å². The number of rotatable bonds is 3. The van der Waals surface area contributed by atoms with Crippen LogP contribution in [0.1, 0.15) is 18.9 Å². The molecule has 0 aromatic carbocycles. The fourth-order valence-electron chi connectivity index (χ4n) is 1.71. The van der Waals surface area contributed by atoms with Crippen molar-refractivity contribution in [2.24, 2.45) is 0 Å². The number of hydrogen-bond donors (Lipinski definition) is 1. The van der Waals surface area contributed by atoms with E-state index in [-0.39, 0.29) is 6.10 Å². The lowest BCUT2D eigenvalue weighted by atomic mass is 9.80. The van der Waals surface area contributed by atoms with Crippen LogP contribution in [0, 0.1) is 0 Å². The standard InChI is InChI=1S/C11H16BNO3/c1-2-9-4-6-13-11(7-9)16-10-3-5-12(14)15-8-10/h4,6-7,10,14H,2-3,5,8H2,1H3. The average molecular weight is 221 g/mol. The average Bonchev–Trinajstić information content (AvgIpc) is 2.32. The van der Waals surface area contributed by atoms with Gasteiger partial charge in [0.05, 0.1) is 6.61 Å². The Morgan fingerprint density at radius 3 is 3.25 bits per heavy atom. The molecule has 2 rings (SSSR count). The Labute approximate surface area is 95.7 Å². The molecular formula is C11H16BNO3. The molecule has 0 bridgehead atoms. The number of aryl methyl sites for hydroxylation is 1. The number of aromatic nitrogens is 1. The van der Waals surface area contributed by atoms with Crippen LogP contribution >= 0.6 is 0 Å². The summed E-state index contributed by atoms with van der Waals surface area (Å²) in [5.74, 6) is 0.643. The molecule has 0 saturated carbocycles. The van der Waals surface area contributed by atoms with Crippen LogP contribution in [0.5, 0.6) is 5.88 Å². The number of nitrogens with zero attached hydrogens (tertiary/aromatic N) is 1. The van der Waals surface area contributed by atoms with E-state index < -0.39 is 7.12 Å². The van der Waals surface area contributed by atoms with Crippen molar-refractivity contribution < 1.29 is 14.4 Å². The first-order valence-electron chi connectivity index (χ1n) is 5.69. The van der Waals surface area contributed by atoms with Crippen LogP contribution < -0.4 is 4.74 Å². The number of ether oxygens (including phenoxy) is 1. The normalized spacial score (nSPS) is 20.9. The molecule has 0 spiro atoms. The summed E-state index contributed by atoms with van der Waals surface area (Å²) in [6, 6.07) is 3.93. The molecule has 0 radical (unpaired) electrons. The molecule has 0 aliphatic carbocycles. The van der Waals surface area contributed by atoms with Gasteiger partial charge in [-0.1, -0.05) is 6.92 Å². The predicted octanol–water partition coefficient (Wildman–Crippen LogP) is 1.29. The molecular weight excluding hydrogens is 205 g/mol. The first kappa shape index (κ1) is 11.4. The highest BCUT2D eigenvalue weighted by Crippen LogP contribution is 2.17. The van der Waals surface area contributed by atoms with Gasteiger partial charge in [0.2, 0.25) is 5.88 Å². The summed E-state index contributed by atoms with van der Waals surface area (Å²) < 4.78 is 10.8. The van der Waals surface area contributed by atoms with Crippen molar-refractivity contribution in [3.05, 3.63) is 23.9 Å². The topological polar surface area (TPSA) is 51.6 Å². The number of hydrogen-bond acceptors (Lipinski definition) is 4. The Balaban J connectivity index is 1.93. The summed E-state index contributed by atoms with van der Waals surface area (Å²) in [6.45, 7) is 2.53. The summed E-state index contributed by atoms with van der Waals surface area (Å²) in [5, 5.41) is 9.18. The van der Waals surface area contributed by atoms with Gasteiger partial charge in [-0.05, 0) is 30.8 Å². The molecule has 1 aromatic heterocycles. The van der Waals surface area contributed by atoms with Crippen molar-refractivity contribution in [1.82, 2.24) is 4.98 Å². The molecule has 16 heavy (non-hydrogen) atoms. The van der Waals surface area contributed by atoms with E-state index in [9.17, 15) is 5.02 Å². The maximum atomic E-state index is 9.18. The lowest BCUT2D eigenvalue weighted by Gasteiger charge is -2.24. The van der Waals surface area contributed by atoms with Crippen molar-refractivity contribution in [2.75, 3.05) is 6.61 Å². The van der Waals surface area contributed by atoms with E-state index in [1.807, 2.05) is 12.1 Å². The highest BCUT2D eigenvalue weighted by atomic mass is 16.6. The van der Waals surface area contributed by atoms with Crippen molar-refractivity contribution in [3.8, 4) is 5.88 Å². The molecule has 5 heteroatoms. The van der Waals surface area contributed by atoms with Crippen molar-refractivity contribution in [2.45, 2.75) is 32.2 Å². The van der Waals surface area contributed by atoms with E-state index in [1.165, 1.54) is 5.56 Å². The Kier molecular flexibility index (Phi) is 3.80. The largest absolute Gasteiger partial charge is 0.472 e. The Morgan fingerprint density at radius 1 is 1.69 bits per heavy atom. The van der Waals surface area contributed by atoms with Crippen molar-refractivity contribution in [1.29, 1.82) is 0 Å². The lowest BCUT2D eigenvalue weighted by Crippen LogP contribution is -2.35. The third kappa shape index (κ3) is 2.96. The first-order valence-corrected chi connectivity index (χ1v) is 5.69. The fraction of sp³-hybridized carbons (Fsp3) is 0.545. The van der Waals surface area contributed by atoms with E-state index in [0.29, 0.717) is 18.8 Å². The van der Waals surface area contributed by atoms with Gasteiger partial charge in [-0.3, -0.25) is 0 Å². The van der Waals surface area contributed by atoms with Crippen LogP contribution in [0.15, 0.2) is 18.3 Å². The molecule has 0 amide bonds. The highest BCUT2D eigenvalue weighted by molar-refractivity contribution is 6.42. The maximum Gasteiger partial charge on any atom is 0.454 e. The van der Waals surface area contributed by atoms with Gasteiger partial charge in [0.15, 0.2) is 0 Å². The zero-order valence-corrected chi connectivity index (χ0v) is 9.43. The summed E-state index contributed by atoms with van der Waals surface area (Å²) >= 11 is 0. The first-order chi connectivity index (χ1) is 7.78. The van der Waals surface area contributed by atoms with Crippen LogP contribution in [0.25, 0.3) is 0 Å². The molecule has 1 aromatic rings. The van der Waals surface area contributed by atoms with Crippen LogP contribution in [0.4, 0.5) is 0 Å². The molecule has 1 N–H and O–H groups in total. The van der Waals surface area contributed by atoms with Gasteiger partial charge in [0.1, 0.15) is 6.10 Å². The Bertz CT molecular complexity index is 340. The van der Waals surface area contributed by atoms with E-state index in [0.717, 1.165) is 12.8 Å². The fourth-order valence-corrected chi connectivity index (χ4v) is 1.71. The second kappa shape index (κ2) is 5.32. The third-order valence-electron chi connectivity index (χ3n) is 2.71. The molecule has 1 saturated heterocycles. The smallest absolute Gasteiger partial charge is 0.454 e. The van der Waals surface area contributed by atoms with Gasteiger partial charge in [-0.15, -0.1) is 0 Å². The minimum atomic E-state index is -0.630. The molecule has 2 heterocycles. The summed E-state index contributed by atoms with van der Waals surface area (Å²) in [7, 11) is -0.630. The van der Waals surface area contributed by atoms with Crippen LogP contribution in [0.3, 0.4) is 0 Å². The number of pyridine rings is 1. The molecule has 1 aliphatic heterocycles. The summed E-state index contributed by atoms with van der Waals surface area (Å²) in [5.41, 5.74) is 1.21. The molecule has 86 valence electrons. The Morgan fingerprint density at radius 2 is 2.56 bits per heavy atom. The molecule has 1 unspecified atom stereocenters. The van der Waals surface area contributed by atoms with Gasteiger partial charge >= 0.3 is 7.12 Å². The van der Waals surface area contributed by atoms with Crippen LogP contribution in [-0.4, -0.2) is 29.8 Å². The van der Waals surface area contributed by atoms with Gasteiger partial charge in [-0.2, -0.15) is 0 Å². The van der Waals surface area contributed by atoms with E-state index >= 15 is 0 Å². The highest BCUT2D eigenvalue weighted by Gasteiger charge is 2.25. The van der Waals surface area contributed by atoms with Crippen molar-refractivity contribution >= 4 is 7.12 Å². The quantitative estimate of drug-likeness (QED) is 0.781. The van der Waals surface area contributed by atoms with Gasteiger partial charge < -0.3 is 14.4 Å². The monoisotopic (exact) mass is 221 g/mol. The second-order valence-electron chi connectivity index (χ2n) is 3.96. The SMILES string of the molecule is CCc1ccnc(OC2CCB(O)OC2)c1. The van der Waals surface area contributed by atoms with E-state index in [2.05, 4.69) is 11.9 Å². The van der Waals surface area contributed by atoms with Gasteiger partial charge in [-0.25, -0.2) is 4.98 Å². The minimum absolute atomic E-state index is 0.00278. The molecule has 1 fully saturated rings. The molecule has 1 aliphatic rings. The predicted molar refractivity (Wildman–Crippen MR) is 61.4 cm³/mol. The van der Waals surface area contributed by atoms with E-state index in [1.54, 1.807) is 6.20 Å². The maximum absolute atomic E-state index is 9.18. The Hall–Kier alpha value is -1.07.